The number of nitrogens with two attached hydrogens (primary N) is 1. The van der Waals surface area contributed by atoms with E-state index in [4.69, 9.17) is 10.2 Å². The molecule has 1 saturated carbocycles. The fourth-order valence-electron chi connectivity index (χ4n) is 1.58. The van der Waals surface area contributed by atoms with Crippen molar-refractivity contribution in [3.8, 4) is 11.5 Å². The number of halogens is 1. The van der Waals surface area contributed by atoms with Crippen LogP contribution in [-0.4, -0.2) is 10.2 Å². The maximum atomic E-state index is 13.1. The summed E-state index contributed by atoms with van der Waals surface area (Å²) in [5, 5.41) is 7.82. The lowest BCUT2D eigenvalue weighted by molar-refractivity contribution is 0.508. The van der Waals surface area contributed by atoms with Gasteiger partial charge < -0.3 is 10.2 Å². The summed E-state index contributed by atoms with van der Waals surface area (Å²) < 4.78 is 18.6. The van der Waals surface area contributed by atoms with E-state index < -0.39 is 5.82 Å². The highest BCUT2D eigenvalue weighted by Gasteiger charge is 2.29. The molecule has 5 heteroatoms. The Morgan fingerprint density at radius 1 is 1.25 bits per heavy atom. The molecule has 2 N–H and O–H groups in total. The summed E-state index contributed by atoms with van der Waals surface area (Å²) in [6.07, 6.45) is 2.18. The normalized spacial score (nSPS) is 15.3. The summed E-state index contributed by atoms with van der Waals surface area (Å²) in [6, 6.07) is 4.20. The van der Waals surface area contributed by atoms with Crippen LogP contribution in [0.4, 0.5) is 10.1 Å². The van der Waals surface area contributed by atoms with Crippen LogP contribution in [0.5, 0.6) is 0 Å². The molecule has 3 rings (SSSR count). The van der Waals surface area contributed by atoms with Gasteiger partial charge in [-0.1, -0.05) is 0 Å². The number of benzene rings is 1. The molecule has 0 radical (unpaired) electrons. The van der Waals surface area contributed by atoms with Gasteiger partial charge in [0, 0.05) is 17.2 Å². The van der Waals surface area contributed by atoms with Crippen molar-refractivity contribution in [1.29, 1.82) is 0 Å². The van der Waals surface area contributed by atoms with Crippen LogP contribution in [0.25, 0.3) is 11.5 Å². The lowest BCUT2D eigenvalue weighted by Gasteiger charge is -1.97. The Hall–Kier alpha value is -1.91. The average molecular weight is 219 g/mol. The van der Waals surface area contributed by atoms with Gasteiger partial charge in [0.25, 0.3) is 0 Å². The summed E-state index contributed by atoms with van der Waals surface area (Å²) in [7, 11) is 0. The van der Waals surface area contributed by atoms with E-state index in [1.807, 2.05) is 0 Å². The summed E-state index contributed by atoms with van der Waals surface area (Å²) >= 11 is 0. The van der Waals surface area contributed by atoms with Crippen molar-refractivity contribution in [3.05, 3.63) is 29.9 Å². The molecule has 1 aliphatic rings. The van der Waals surface area contributed by atoms with E-state index in [0.29, 0.717) is 29.0 Å². The molecule has 1 aromatic carbocycles. The number of nitrogens with zero attached hydrogens (tertiary/aromatic N) is 2. The first-order valence-electron chi connectivity index (χ1n) is 5.12. The van der Waals surface area contributed by atoms with Gasteiger partial charge in [0.1, 0.15) is 5.82 Å². The second-order valence-electron chi connectivity index (χ2n) is 3.99. The van der Waals surface area contributed by atoms with Crippen LogP contribution >= 0.6 is 0 Å². The third kappa shape index (κ3) is 1.64. The van der Waals surface area contributed by atoms with Crippen molar-refractivity contribution in [2.75, 3.05) is 5.73 Å². The molecule has 0 amide bonds. The highest BCUT2D eigenvalue weighted by atomic mass is 19.1. The molecule has 4 nitrogen and oxygen atoms in total. The third-order valence-corrected chi connectivity index (χ3v) is 2.53. The van der Waals surface area contributed by atoms with Crippen molar-refractivity contribution in [2.24, 2.45) is 0 Å². The van der Waals surface area contributed by atoms with Gasteiger partial charge in [-0.2, -0.15) is 0 Å². The minimum absolute atomic E-state index is 0.327. The Bertz CT molecular complexity index is 514. The van der Waals surface area contributed by atoms with Gasteiger partial charge >= 0.3 is 0 Å². The fourth-order valence-corrected chi connectivity index (χ4v) is 1.58. The molecule has 0 saturated heterocycles. The molecular formula is C11H10FN3O. The van der Waals surface area contributed by atoms with E-state index in [2.05, 4.69) is 10.2 Å². The number of hydrogen-bond acceptors (Lipinski definition) is 4. The highest BCUT2D eigenvalue weighted by Crippen LogP contribution is 2.40. The molecule has 82 valence electrons. The lowest BCUT2D eigenvalue weighted by Crippen LogP contribution is -1.88. The minimum atomic E-state index is -0.402. The number of anilines is 1. The largest absolute Gasteiger partial charge is 0.420 e. The van der Waals surface area contributed by atoms with Gasteiger partial charge in [0.15, 0.2) is 0 Å². The molecule has 1 heterocycles. The van der Waals surface area contributed by atoms with Gasteiger partial charge in [-0.3, -0.25) is 0 Å². The maximum Gasteiger partial charge on any atom is 0.247 e. The second-order valence-corrected chi connectivity index (χ2v) is 3.99. The van der Waals surface area contributed by atoms with Gasteiger partial charge in [0.05, 0.1) is 0 Å². The molecule has 0 atom stereocenters. The SMILES string of the molecule is Nc1cc(F)cc(-c2nnc(C3CC3)o2)c1. The molecule has 0 bridgehead atoms. The van der Waals surface area contributed by atoms with Crippen LogP contribution in [0.1, 0.15) is 24.7 Å². The van der Waals surface area contributed by atoms with E-state index in [1.165, 1.54) is 12.1 Å². The molecule has 16 heavy (non-hydrogen) atoms. The van der Waals surface area contributed by atoms with Crippen LogP contribution in [-0.2, 0) is 0 Å². The Labute approximate surface area is 91.3 Å². The molecule has 0 aliphatic heterocycles. The molecular weight excluding hydrogens is 209 g/mol. The van der Waals surface area contributed by atoms with Crippen LogP contribution in [0.3, 0.4) is 0 Å². The number of aromatic nitrogens is 2. The maximum absolute atomic E-state index is 13.1. The smallest absolute Gasteiger partial charge is 0.247 e. The van der Waals surface area contributed by atoms with Crippen LogP contribution in [0, 0.1) is 5.82 Å². The minimum Gasteiger partial charge on any atom is -0.420 e. The van der Waals surface area contributed by atoms with Gasteiger partial charge in [0.2, 0.25) is 11.8 Å². The second kappa shape index (κ2) is 3.30. The number of nitrogen functional groups attached to an aromatic ring is 1. The van der Waals surface area contributed by atoms with Crippen LogP contribution in [0.2, 0.25) is 0 Å². The first-order valence-corrected chi connectivity index (χ1v) is 5.12. The van der Waals surface area contributed by atoms with E-state index in [9.17, 15) is 4.39 Å². The average Bonchev–Trinajstić information content (AvgIpc) is 2.95. The summed E-state index contributed by atoms with van der Waals surface area (Å²) in [6.45, 7) is 0. The molecule has 0 spiro atoms. The van der Waals surface area contributed by atoms with E-state index in [0.717, 1.165) is 12.8 Å². The number of rotatable bonds is 2. The van der Waals surface area contributed by atoms with Crippen molar-refractivity contribution >= 4 is 5.69 Å². The van der Waals surface area contributed by atoms with Crippen molar-refractivity contribution in [2.45, 2.75) is 18.8 Å². The zero-order chi connectivity index (χ0) is 11.1. The Kier molecular flexibility index (Phi) is 1.92. The summed E-state index contributed by atoms with van der Waals surface area (Å²) in [5.41, 5.74) is 6.42. The van der Waals surface area contributed by atoms with Gasteiger partial charge in [-0.15, -0.1) is 10.2 Å². The Morgan fingerprint density at radius 2 is 2.06 bits per heavy atom. The zero-order valence-corrected chi connectivity index (χ0v) is 8.48. The molecule has 2 aromatic rings. The standard InChI is InChI=1S/C11H10FN3O/c12-8-3-7(4-9(13)5-8)11-15-14-10(16-11)6-1-2-6/h3-6H,1-2,13H2. The predicted octanol–water partition coefficient (Wildman–Crippen LogP) is 2.34. The quantitative estimate of drug-likeness (QED) is 0.787. The number of hydrogen-bond donors (Lipinski definition) is 1. The first kappa shape index (κ1) is 9.33. The monoisotopic (exact) mass is 219 g/mol. The van der Waals surface area contributed by atoms with Crippen molar-refractivity contribution < 1.29 is 8.81 Å². The third-order valence-electron chi connectivity index (χ3n) is 2.53. The summed E-state index contributed by atoms with van der Waals surface area (Å²) in [4.78, 5) is 0. The molecule has 1 aromatic heterocycles. The lowest BCUT2D eigenvalue weighted by atomic mass is 10.2. The van der Waals surface area contributed by atoms with E-state index in [-0.39, 0.29) is 0 Å². The molecule has 1 aliphatic carbocycles. The van der Waals surface area contributed by atoms with E-state index in [1.54, 1.807) is 6.07 Å². The Morgan fingerprint density at radius 3 is 2.75 bits per heavy atom. The zero-order valence-electron chi connectivity index (χ0n) is 8.48. The predicted molar refractivity (Wildman–Crippen MR) is 56.1 cm³/mol. The first-order chi connectivity index (χ1) is 7.72. The topological polar surface area (TPSA) is 64.9 Å². The van der Waals surface area contributed by atoms with Crippen molar-refractivity contribution in [1.82, 2.24) is 10.2 Å². The van der Waals surface area contributed by atoms with Crippen LogP contribution in [0.15, 0.2) is 22.6 Å². The fraction of sp³-hybridized carbons (Fsp3) is 0.273. The van der Waals surface area contributed by atoms with Crippen LogP contribution < -0.4 is 5.73 Å². The molecule has 0 unspecified atom stereocenters. The van der Waals surface area contributed by atoms with Crippen molar-refractivity contribution in [3.63, 3.8) is 0 Å². The van der Waals surface area contributed by atoms with Gasteiger partial charge in [-0.25, -0.2) is 4.39 Å². The van der Waals surface area contributed by atoms with E-state index >= 15 is 0 Å². The Balaban J connectivity index is 2.00. The van der Waals surface area contributed by atoms with Gasteiger partial charge in [-0.05, 0) is 31.0 Å². The molecule has 1 fully saturated rings. The highest BCUT2D eigenvalue weighted by molar-refractivity contribution is 5.59. The summed E-state index contributed by atoms with van der Waals surface area (Å²) in [5.74, 6) is 0.958.